The molecule has 0 aliphatic rings. The van der Waals surface area contributed by atoms with Gasteiger partial charge in [0.05, 0.1) is 5.69 Å². The van der Waals surface area contributed by atoms with E-state index in [0.29, 0.717) is 0 Å². The van der Waals surface area contributed by atoms with Crippen LogP contribution in [0.25, 0.3) is 11.0 Å². The average Bonchev–Trinajstić information content (AvgIpc) is 2.61. The highest BCUT2D eigenvalue weighted by Gasteiger charge is 2.20. The Labute approximate surface area is 90.0 Å². The molecule has 0 aliphatic heterocycles. The second-order valence-electron chi connectivity index (χ2n) is 4.83. The molecular weight excluding hydrogens is 186 g/mol. The molecule has 2 aromatic rings. The molecule has 0 spiro atoms. The SMILES string of the molecule is CCc1nc(C(C)(C)C)c2cc[nH]c2n1. The number of nitrogens with one attached hydrogen (secondary N) is 1. The number of fused-ring (bicyclic) bond motifs is 1. The fraction of sp³-hybridized carbons (Fsp3) is 0.500. The van der Waals surface area contributed by atoms with Gasteiger partial charge in [0.15, 0.2) is 0 Å². The van der Waals surface area contributed by atoms with Crippen LogP contribution in [0.15, 0.2) is 12.3 Å². The molecule has 2 aromatic heterocycles. The van der Waals surface area contributed by atoms with E-state index in [1.54, 1.807) is 0 Å². The molecule has 80 valence electrons. The maximum absolute atomic E-state index is 4.63. The summed E-state index contributed by atoms with van der Waals surface area (Å²) in [7, 11) is 0. The van der Waals surface area contributed by atoms with E-state index in [1.807, 2.05) is 6.20 Å². The molecule has 15 heavy (non-hydrogen) atoms. The smallest absolute Gasteiger partial charge is 0.141 e. The van der Waals surface area contributed by atoms with Crippen LogP contribution in [0, 0.1) is 0 Å². The largest absolute Gasteiger partial charge is 0.346 e. The maximum Gasteiger partial charge on any atom is 0.141 e. The standard InChI is InChI=1S/C12H17N3/c1-5-9-14-10(12(2,3)4)8-6-7-13-11(8)15-9/h6-7H,5H2,1-4H3,(H,13,14,15). The summed E-state index contributed by atoms with van der Waals surface area (Å²) in [6.07, 6.45) is 2.80. The Kier molecular flexibility index (Phi) is 2.25. The number of hydrogen-bond acceptors (Lipinski definition) is 2. The minimum absolute atomic E-state index is 0.0628. The van der Waals surface area contributed by atoms with Gasteiger partial charge in [-0.1, -0.05) is 27.7 Å². The molecule has 3 nitrogen and oxygen atoms in total. The zero-order valence-electron chi connectivity index (χ0n) is 9.76. The summed E-state index contributed by atoms with van der Waals surface area (Å²) in [5.41, 5.74) is 2.14. The van der Waals surface area contributed by atoms with Gasteiger partial charge in [-0.2, -0.15) is 0 Å². The van der Waals surface area contributed by atoms with Crippen molar-refractivity contribution in [2.24, 2.45) is 0 Å². The summed E-state index contributed by atoms with van der Waals surface area (Å²) in [6, 6.07) is 2.05. The molecular formula is C12H17N3. The number of hydrogen-bond donors (Lipinski definition) is 1. The number of H-pyrrole nitrogens is 1. The molecule has 0 unspecified atom stereocenters. The Balaban J connectivity index is 2.74. The van der Waals surface area contributed by atoms with E-state index in [0.717, 1.165) is 29.0 Å². The normalized spacial score (nSPS) is 12.3. The van der Waals surface area contributed by atoms with E-state index in [9.17, 15) is 0 Å². The van der Waals surface area contributed by atoms with E-state index >= 15 is 0 Å². The van der Waals surface area contributed by atoms with Crippen molar-refractivity contribution in [3.63, 3.8) is 0 Å². The summed E-state index contributed by atoms with van der Waals surface area (Å²) in [5, 5.41) is 1.14. The summed E-state index contributed by atoms with van der Waals surface area (Å²) in [4.78, 5) is 12.2. The molecule has 2 rings (SSSR count). The Morgan fingerprint density at radius 1 is 1.27 bits per heavy atom. The zero-order valence-corrected chi connectivity index (χ0v) is 9.76. The van der Waals surface area contributed by atoms with Gasteiger partial charge >= 0.3 is 0 Å². The Bertz CT molecular complexity index is 477. The van der Waals surface area contributed by atoms with Crippen LogP contribution in [0.3, 0.4) is 0 Å². The van der Waals surface area contributed by atoms with Gasteiger partial charge < -0.3 is 4.98 Å². The molecule has 0 aromatic carbocycles. The minimum Gasteiger partial charge on any atom is -0.346 e. The van der Waals surface area contributed by atoms with Gasteiger partial charge in [-0.15, -0.1) is 0 Å². The summed E-state index contributed by atoms with van der Waals surface area (Å²) in [6.45, 7) is 8.63. The number of aryl methyl sites for hydroxylation is 1. The number of aromatic amines is 1. The van der Waals surface area contributed by atoms with Gasteiger partial charge in [0.25, 0.3) is 0 Å². The lowest BCUT2D eigenvalue weighted by Crippen LogP contribution is -2.15. The molecule has 0 aliphatic carbocycles. The molecule has 0 saturated heterocycles. The topological polar surface area (TPSA) is 41.6 Å². The first-order chi connectivity index (χ1) is 7.02. The lowest BCUT2D eigenvalue weighted by Gasteiger charge is -2.19. The van der Waals surface area contributed by atoms with Gasteiger partial charge in [-0.3, -0.25) is 0 Å². The Morgan fingerprint density at radius 3 is 2.60 bits per heavy atom. The van der Waals surface area contributed by atoms with E-state index in [4.69, 9.17) is 0 Å². The quantitative estimate of drug-likeness (QED) is 0.774. The monoisotopic (exact) mass is 203 g/mol. The fourth-order valence-electron chi connectivity index (χ4n) is 1.72. The lowest BCUT2D eigenvalue weighted by atomic mass is 9.90. The average molecular weight is 203 g/mol. The highest BCUT2D eigenvalue weighted by Crippen LogP contribution is 2.27. The molecule has 0 saturated carbocycles. The van der Waals surface area contributed by atoms with Crippen molar-refractivity contribution in [1.29, 1.82) is 0 Å². The third kappa shape index (κ3) is 1.74. The lowest BCUT2D eigenvalue weighted by molar-refractivity contribution is 0.570. The first-order valence-electron chi connectivity index (χ1n) is 5.37. The van der Waals surface area contributed by atoms with Gasteiger partial charge in [-0.25, -0.2) is 9.97 Å². The third-order valence-electron chi connectivity index (χ3n) is 2.49. The predicted octanol–water partition coefficient (Wildman–Crippen LogP) is 2.82. The van der Waals surface area contributed by atoms with Crippen molar-refractivity contribution < 1.29 is 0 Å². The van der Waals surface area contributed by atoms with Crippen molar-refractivity contribution in [3.8, 4) is 0 Å². The third-order valence-corrected chi connectivity index (χ3v) is 2.49. The Hall–Kier alpha value is -1.38. The van der Waals surface area contributed by atoms with Crippen LogP contribution >= 0.6 is 0 Å². The van der Waals surface area contributed by atoms with Crippen molar-refractivity contribution in [2.75, 3.05) is 0 Å². The van der Waals surface area contributed by atoms with Gasteiger partial charge in [0.2, 0.25) is 0 Å². The van der Waals surface area contributed by atoms with Crippen molar-refractivity contribution >= 4 is 11.0 Å². The van der Waals surface area contributed by atoms with Crippen molar-refractivity contribution in [1.82, 2.24) is 15.0 Å². The number of rotatable bonds is 1. The predicted molar refractivity (Wildman–Crippen MR) is 62.0 cm³/mol. The summed E-state index contributed by atoms with van der Waals surface area (Å²) in [5.74, 6) is 0.912. The van der Waals surface area contributed by atoms with Crippen LogP contribution in [0.4, 0.5) is 0 Å². The molecule has 1 N–H and O–H groups in total. The Morgan fingerprint density at radius 2 is 2.00 bits per heavy atom. The van der Waals surface area contributed by atoms with E-state index in [2.05, 4.69) is 48.7 Å². The summed E-state index contributed by atoms with van der Waals surface area (Å²) < 4.78 is 0. The molecule has 0 atom stereocenters. The van der Waals surface area contributed by atoms with E-state index in [-0.39, 0.29) is 5.41 Å². The van der Waals surface area contributed by atoms with Gasteiger partial charge in [0, 0.05) is 23.4 Å². The maximum atomic E-state index is 4.63. The van der Waals surface area contributed by atoms with Crippen LogP contribution in [0.1, 0.15) is 39.2 Å². The second-order valence-corrected chi connectivity index (χ2v) is 4.83. The first-order valence-corrected chi connectivity index (χ1v) is 5.37. The zero-order chi connectivity index (χ0) is 11.1. The van der Waals surface area contributed by atoms with Crippen LogP contribution < -0.4 is 0 Å². The highest BCUT2D eigenvalue weighted by molar-refractivity contribution is 5.79. The van der Waals surface area contributed by atoms with Crippen LogP contribution in [0.5, 0.6) is 0 Å². The molecule has 0 bridgehead atoms. The molecule has 2 heterocycles. The fourth-order valence-corrected chi connectivity index (χ4v) is 1.72. The molecule has 0 amide bonds. The second kappa shape index (κ2) is 3.33. The van der Waals surface area contributed by atoms with Crippen molar-refractivity contribution in [3.05, 3.63) is 23.8 Å². The molecule has 0 fully saturated rings. The van der Waals surface area contributed by atoms with Crippen molar-refractivity contribution in [2.45, 2.75) is 39.5 Å². The van der Waals surface area contributed by atoms with Gasteiger partial charge in [0.1, 0.15) is 11.5 Å². The molecule has 3 heteroatoms. The van der Waals surface area contributed by atoms with Gasteiger partial charge in [-0.05, 0) is 6.07 Å². The molecule has 0 radical (unpaired) electrons. The van der Waals surface area contributed by atoms with Crippen LogP contribution in [-0.4, -0.2) is 15.0 Å². The van der Waals surface area contributed by atoms with Crippen LogP contribution in [-0.2, 0) is 11.8 Å². The minimum atomic E-state index is 0.0628. The van der Waals surface area contributed by atoms with E-state index in [1.165, 1.54) is 0 Å². The van der Waals surface area contributed by atoms with E-state index < -0.39 is 0 Å². The number of nitrogens with zero attached hydrogens (tertiary/aromatic N) is 2. The highest BCUT2D eigenvalue weighted by atomic mass is 15.0. The first kappa shape index (κ1) is 10.1. The summed E-state index contributed by atoms with van der Waals surface area (Å²) >= 11 is 0. The van der Waals surface area contributed by atoms with Crippen LogP contribution in [0.2, 0.25) is 0 Å². The number of aromatic nitrogens is 3.